The number of rotatable bonds is 3. The summed E-state index contributed by atoms with van der Waals surface area (Å²) in [6.45, 7) is 0.559. The van der Waals surface area contributed by atoms with Crippen molar-refractivity contribution in [2.45, 2.75) is 25.4 Å². The van der Waals surface area contributed by atoms with Crippen molar-refractivity contribution in [3.05, 3.63) is 18.0 Å². The normalized spacial score (nSPS) is 15.8. The molecule has 1 fully saturated rings. The van der Waals surface area contributed by atoms with Crippen molar-refractivity contribution < 1.29 is 0 Å². The summed E-state index contributed by atoms with van der Waals surface area (Å²) in [4.78, 5) is 6.36. The second-order valence-corrected chi connectivity index (χ2v) is 4.00. The van der Waals surface area contributed by atoms with Gasteiger partial charge in [-0.1, -0.05) is 0 Å². The maximum absolute atomic E-state index is 5.85. The van der Waals surface area contributed by atoms with Gasteiger partial charge in [-0.2, -0.15) is 5.10 Å². The molecule has 0 atom stereocenters. The highest BCUT2D eigenvalue weighted by atomic mass is 127. The molecule has 1 aliphatic rings. The zero-order valence-corrected chi connectivity index (χ0v) is 12.0. The molecule has 0 bridgehead atoms. The van der Waals surface area contributed by atoms with Crippen molar-refractivity contribution in [2.75, 3.05) is 7.05 Å². The minimum absolute atomic E-state index is 0. The first-order valence-electron chi connectivity index (χ1n) is 5.18. The molecule has 0 amide bonds. The van der Waals surface area contributed by atoms with Gasteiger partial charge in [-0.3, -0.25) is 4.68 Å². The predicted octanol–water partition coefficient (Wildman–Crippen LogP) is 0.947. The zero-order valence-electron chi connectivity index (χ0n) is 9.63. The van der Waals surface area contributed by atoms with Crippen LogP contribution in [-0.2, 0) is 13.6 Å². The third-order valence-corrected chi connectivity index (χ3v) is 2.63. The fourth-order valence-corrected chi connectivity index (χ4v) is 1.47. The van der Waals surface area contributed by atoms with Crippen LogP contribution in [0.25, 0.3) is 0 Å². The Balaban J connectivity index is 0.00000128. The van der Waals surface area contributed by atoms with Crippen molar-refractivity contribution in [1.29, 1.82) is 0 Å². The monoisotopic (exact) mass is 335 g/mol. The van der Waals surface area contributed by atoms with Gasteiger partial charge in [0.1, 0.15) is 0 Å². The standard InChI is InChI=1S/C10H17N5.HI/c1-14-6-5-8(13-14)7-12-10(11)15(2)9-3-4-9;/h5-6,9H,3-4,7H2,1-2H3,(H2,11,12);1H. The number of hydrogen-bond acceptors (Lipinski definition) is 2. The fraction of sp³-hybridized carbons (Fsp3) is 0.600. The lowest BCUT2D eigenvalue weighted by Crippen LogP contribution is -2.35. The smallest absolute Gasteiger partial charge is 0.191 e. The van der Waals surface area contributed by atoms with Crippen LogP contribution in [0.4, 0.5) is 0 Å². The molecule has 5 nitrogen and oxygen atoms in total. The van der Waals surface area contributed by atoms with E-state index in [1.54, 1.807) is 4.68 Å². The number of nitrogens with zero attached hydrogens (tertiary/aromatic N) is 4. The highest BCUT2D eigenvalue weighted by Gasteiger charge is 2.27. The lowest BCUT2D eigenvalue weighted by atomic mass is 10.4. The van der Waals surface area contributed by atoms with E-state index >= 15 is 0 Å². The van der Waals surface area contributed by atoms with Gasteiger partial charge in [-0.05, 0) is 18.9 Å². The Labute approximate surface area is 113 Å². The highest BCUT2D eigenvalue weighted by molar-refractivity contribution is 14.0. The van der Waals surface area contributed by atoms with Gasteiger partial charge >= 0.3 is 0 Å². The Morgan fingerprint density at radius 3 is 2.88 bits per heavy atom. The Hall–Kier alpha value is -0.790. The summed E-state index contributed by atoms with van der Waals surface area (Å²) < 4.78 is 1.77. The average molecular weight is 335 g/mol. The second kappa shape index (κ2) is 5.51. The molecular formula is C10H18IN5. The lowest BCUT2D eigenvalue weighted by Gasteiger charge is -2.16. The summed E-state index contributed by atoms with van der Waals surface area (Å²) in [5, 5.41) is 4.24. The molecule has 90 valence electrons. The van der Waals surface area contributed by atoms with Crippen LogP contribution in [0.3, 0.4) is 0 Å². The molecule has 0 aliphatic heterocycles. The van der Waals surface area contributed by atoms with Gasteiger partial charge in [-0.25, -0.2) is 4.99 Å². The van der Waals surface area contributed by atoms with Crippen LogP contribution in [0.15, 0.2) is 17.3 Å². The first-order chi connectivity index (χ1) is 7.16. The summed E-state index contributed by atoms with van der Waals surface area (Å²) in [5.74, 6) is 0.614. The summed E-state index contributed by atoms with van der Waals surface area (Å²) in [7, 11) is 3.89. The van der Waals surface area contributed by atoms with Gasteiger partial charge in [0.15, 0.2) is 5.96 Å². The van der Waals surface area contributed by atoms with E-state index in [2.05, 4.69) is 10.1 Å². The maximum Gasteiger partial charge on any atom is 0.191 e. The van der Waals surface area contributed by atoms with Crippen molar-refractivity contribution >= 4 is 29.9 Å². The largest absolute Gasteiger partial charge is 0.370 e. The predicted molar refractivity (Wildman–Crippen MR) is 74.7 cm³/mol. The number of aliphatic imine (C=N–C) groups is 1. The van der Waals surface area contributed by atoms with Crippen LogP contribution in [0, 0.1) is 0 Å². The van der Waals surface area contributed by atoms with Gasteiger partial charge in [0.2, 0.25) is 0 Å². The first-order valence-corrected chi connectivity index (χ1v) is 5.18. The Morgan fingerprint density at radius 1 is 1.69 bits per heavy atom. The molecule has 0 radical (unpaired) electrons. The van der Waals surface area contributed by atoms with Gasteiger partial charge in [-0.15, -0.1) is 24.0 Å². The molecular weight excluding hydrogens is 317 g/mol. The van der Waals surface area contributed by atoms with E-state index in [1.807, 2.05) is 31.3 Å². The molecule has 0 spiro atoms. The molecule has 1 aliphatic carbocycles. The molecule has 1 heterocycles. The van der Waals surface area contributed by atoms with E-state index in [0.717, 1.165) is 5.69 Å². The van der Waals surface area contributed by atoms with Crippen LogP contribution < -0.4 is 5.73 Å². The van der Waals surface area contributed by atoms with E-state index in [1.165, 1.54) is 12.8 Å². The first kappa shape index (κ1) is 13.3. The van der Waals surface area contributed by atoms with Gasteiger partial charge < -0.3 is 10.6 Å². The third kappa shape index (κ3) is 3.36. The Kier molecular flexibility index (Phi) is 4.57. The Morgan fingerprint density at radius 2 is 2.38 bits per heavy atom. The van der Waals surface area contributed by atoms with E-state index in [0.29, 0.717) is 18.5 Å². The highest BCUT2D eigenvalue weighted by Crippen LogP contribution is 2.24. The SMILES string of the molecule is CN(C(N)=NCc1ccn(C)n1)C1CC1.I. The molecule has 1 aromatic rings. The molecule has 0 aromatic carbocycles. The third-order valence-electron chi connectivity index (χ3n) is 2.63. The molecule has 1 saturated carbocycles. The molecule has 2 N–H and O–H groups in total. The fourth-order valence-electron chi connectivity index (χ4n) is 1.47. The topological polar surface area (TPSA) is 59.4 Å². The number of guanidine groups is 1. The van der Waals surface area contributed by atoms with Gasteiger partial charge in [0, 0.05) is 26.3 Å². The van der Waals surface area contributed by atoms with E-state index in [4.69, 9.17) is 5.73 Å². The maximum atomic E-state index is 5.85. The van der Waals surface area contributed by atoms with Crippen LogP contribution >= 0.6 is 24.0 Å². The van der Waals surface area contributed by atoms with Crippen molar-refractivity contribution in [1.82, 2.24) is 14.7 Å². The minimum atomic E-state index is 0. The number of halogens is 1. The molecule has 0 unspecified atom stereocenters. The van der Waals surface area contributed by atoms with E-state index in [-0.39, 0.29) is 24.0 Å². The summed E-state index contributed by atoms with van der Waals surface area (Å²) in [6.07, 6.45) is 4.37. The summed E-state index contributed by atoms with van der Waals surface area (Å²) in [5.41, 5.74) is 6.80. The molecule has 2 rings (SSSR count). The molecule has 6 heteroatoms. The zero-order chi connectivity index (χ0) is 10.8. The quantitative estimate of drug-likeness (QED) is 0.508. The number of hydrogen-bond donors (Lipinski definition) is 1. The molecule has 16 heavy (non-hydrogen) atoms. The average Bonchev–Trinajstić information content (AvgIpc) is 2.98. The minimum Gasteiger partial charge on any atom is -0.370 e. The number of nitrogens with two attached hydrogens (primary N) is 1. The van der Waals surface area contributed by atoms with Gasteiger partial charge in [0.25, 0.3) is 0 Å². The van der Waals surface area contributed by atoms with Crippen molar-refractivity contribution in [2.24, 2.45) is 17.8 Å². The van der Waals surface area contributed by atoms with Crippen LogP contribution in [0.2, 0.25) is 0 Å². The van der Waals surface area contributed by atoms with E-state index in [9.17, 15) is 0 Å². The second-order valence-electron chi connectivity index (χ2n) is 4.00. The Bertz CT molecular complexity index is 369. The number of aromatic nitrogens is 2. The summed E-state index contributed by atoms with van der Waals surface area (Å²) >= 11 is 0. The lowest BCUT2D eigenvalue weighted by molar-refractivity contribution is 0.487. The van der Waals surface area contributed by atoms with Crippen LogP contribution in [0.5, 0.6) is 0 Å². The summed E-state index contributed by atoms with van der Waals surface area (Å²) in [6, 6.07) is 2.56. The molecule has 1 aromatic heterocycles. The van der Waals surface area contributed by atoms with E-state index < -0.39 is 0 Å². The van der Waals surface area contributed by atoms with Crippen molar-refractivity contribution in [3.8, 4) is 0 Å². The van der Waals surface area contributed by atoms with Crippen LogP contribution in [-0.4, -0.2) is 33.7 Å². The molecule has 0 saturated heterocycles. The van der Waals surface area contributed by atoms with Crippen LogP contribution in [0.1, 0.15) is 18.5 Å². The van der Waals surface area contributed by atoms with Crippen molar-refractivity contribution in [3.63, 3.8) is 0 Å². The number of aryl methyl sites for hydroxylation is 1. The van der Waals surface area contributed by atoms with Gasteiger partial charge in [0.05, 0.1) is 12.2 Å².